The normalized spacial score (nSPS) is 29.8. The second kappa shape index (κ2) is 5.66. The van der Waals surface area contributed by atoms with Crippen LogP contribution in [0, 0.1) is 11.8 Å². The highest BCUT2D eigenvalue weighted by atomic mass is 14.7. The van der Waals surface area contributed by atoms with Crippen LogP contribution in [-0.4, -0.2) is 0 Å². The van der Waals surface area contributed by atoms with Gasteiger partial charge in [0, 0.05) is 6.04 Å². The van der Waals surface area contributed by atoms with Crippen molar-refractivity contribution in [1.29, 1.82) is 0 Å². The molecule has 0 saturated heterocycles. The minimum Gasteiger partial charge on any atom is -0.324 e. The van der Waals surface area contributed by atoms with Crippen LogP contribution >= 0.6 is 0 Å². The molecule has 2 saturated carbocycles. The van der Waals surface area contributed by atoms with Crippen molar-refractivity contribution in [2.24, 2.45) is 17.6 Å². The van der Waals surface area contributed by atoms with E-state index in [-0.39, 0.29) is 6.04 Å². The van der Waals surface area contributed by atoms with Crippen LogP contribution in [0.15, 0.2) is 24.3 Å². The van der Waals surface area contributed by atoms with Crippen molar-refractivity contribution in [1.82, 2.24) is 0 Å². The van der Waals surface area contributed by atoms with Crippen molar-refractivity contribution in [3.63, 3.8) is 0 Å². The number of hydrogen-bond acceptors (Lipinski definition) is 1. The fourth-order valence-electron chi connectivity index (χ4n) is 3.68. The molecule has 0 bridgehead atoms. The van der Waals surface area contributed by atoms with Crippen LogP contribution in [0.3, 0.4) is 0 Å². The second-order valence-electron chi connectivity index (χ2n) is 6.84. The SMILES string of the molecule is CC1CCC(C(N)c2cccc(C3CCC3)c2)CC1. The average Bonchev–Trinajstić information content (AvgIpc) is 2.37. The molecule has 1 unspecified atom stereocenters. The fourth-order valence-corrected chi connectivity index (χ4v) is 3.68. The third-order valence-electron chi connectivity index (χ3n) is 5.44. The van der Waals surface area contributed by atoms with E-state index < -0.39 is 0 Å². The molecule has 2 N–H and O–H groups in total. The van der Waals surface area contributed by atoms with Gasteiger partial charge >= 0.3 is 0 Å². The standard InChI is InChI=1S/C18H27N/c1-13-8-10-15(11-9-13)18(19)17-7-3-6-16(12-17)14-4-2-5-14/h3,6-7,12-15,18H,2,4-5,8-11,19H2,1H3. The Morgan fingerprint density at radius 3 is 2.42 bits per heavy atom. The second-order valence-corrected chi connectivity index (χ2v) is 6.84. The predicted octanol–water partition coefficient (Wildman–Crippen LogP) is 4.78. The van der Waals surface area contributed by atoms with Gasteiger partial charge in [0.2, 0.25) is 0 Å². The fraction of sp³-hybridized carbons (Fsp3) is 0.667. The van der Waals surface area contributed by atoms with Crippen molar-refractivity contribution < 1.29 is 0 Å². The third-order valence-corrected chi connectivity index (χ3v) is 5.44. The molecule has 2 aliphatic rings. The van der Waals surface area contributed by atoms with E-state index in [0.29, 0.717) is 5.92 Å². The van der Waals surface area contributed by atoms with Crippen LogP contribution in [0.5, 0.6) is 0 Å². The lowest BCUT2D eigenvalue weighted by atomic mass is 9.76. The molecule has 0 aliphatic heterocycles. The molecule has 0 radical (unpaired) electrons. The van der Waals surface area contributed by atoms with Gasteiger partial charge in [0.05, 0.1) is 0 Å². The Morgan fingerprint density at radius 1 is 1.05 bits per heavy atom. The molecule has 1 atom stereocenters. The van der Waals surface area contributed by atoms with Crippen molar-refractivity contribution in [3.05, 3.63) is 35.4 Å². The maximum Gasteiger partial charge on any atom is 0.0323 e. The zero-order valence-electron chi connectivity index (χ0n) is 12.1. The Bertz CT molecular complexity index is 413. The number of rotatable bonds is 3. The number of hydrogen-bond donors (Lipinski definition) is 1. The molecule has 0 heterocycles. The van der Waals surface area contributed by atoms with E-state index in [9.17, 15) is 0 Å². The van der Waals surface area contributed by atoms with Crippen LogP contribution in [-0.2, 0) is 0 Å². The van der Waals surface area contributed by atoms with E-state index in [2.05, 4.69) is 31.2 Å². The number of nitrogens with two attached hydrogens (primary N) is 1. The first kappa shape index (κ1) is 13.2. The molecular weight excluding hydrogens is 230 g/mol. The average molecular weight is 257 g/mol. The van der Waals surface area contributed by atoms with Gasteiger partial charge in [-0.3, -0.25) is 0 Å². The van der Waals surface area contributed by atoms with E-state index in [1.165, 1.54) is 56.1 Å². The maximum absolute atomic E-state index is 6.54. The Labute approximate surface area is 117 Å². The van der Waals surface area contributed by atoms with Gasteiger partial charge in [0.15, 0.2) is 0 Å². The highest BCUT2D eigenvalue weighted by Crippen LogP contribution is 2.39. The summed E-state index contributed by atoms with van der Waals surface area (Å²) >= 11 is 0. The molecule has 2 aliphatic carbocycles. The van der Waals surface area contributed by atoms with Gasteiger partial charge in [-0.1, -0.05) is 50.5 Å². The number of benzene rings is 1. The highest BCUT2D eigenvalue weighted by Gasteiger charge is 2.26. The summed E-state index contributed by atoms with van der Waals surface area (Å²) in [5.74, 6) is 2.43. The van der Waals surface area contributed by atoms with Gasteiger partial charge in [0.1, 0.15) is 0 Å². The lowest BCUT2D eigenvalue weighted by molar-refractivity contribution is 0.256. The smallest absolute Gasteiger partial charge is 0.0323 e. The van der Waals surface area contributed by atoms with Crippen LogP contribution < -0.4 is 5.73 Å². The lowest BCUT2D eigenvalue weighted by Crippen LogP contribution is -2.25. The molecule has 1 heteroatoms. The molecule has 2 fully saturated rings. The van der Waals surface area contributed by atoms with Crippen LogP contribution in [0.25, 0.3) is 0 Å². The summed E-state index contributed by atoms with van der Waals surface area (Å²) in [7, 11) is 0. The zero-order valence-corrected chi connectivity index (χ0v) is 12.1. The van der Waals surface area contributed by atoms with E-state index >= 15 is 0 Å². The summed E-state index contributed by atoms with van der Waals surface area (Å²) in [6, 6.07) is 9.40. The van der Waals surface area contributed by atoms with E-state index in [1.54, 1.807) is 0 Å². The van der Waals surface area contributed by atoms with Gasteiger partial charge in [-0.2, -0.15) is 0 Å². The Morgan fingerprint density at radius 2 is 1.79 bits per heavy atom. The summed E-state index contributed by atoms with van der Waals surface area (Å²) in [5.41, 5.74) is 9.45. The first-order valence-electron chi connectivity index (χ1n) is 8.09. The maximum atomic E-state index is 6.54. The Hall–Kier alpha value is -0.820. The molecule has 0 amide bonds. The van der Waals surface area contributed by atoms with Gasteiger partial charge < -0.3 is 5.73 Å². The molecule has 3 rings (SSSR count). The van der Waals surface area contributed by atoms with E-state index in [4.69, 9.17) is 5.73 Å². The van der Waals surface area contributed by atoms with Gasteiger partial charge in [-0.05, 0) is 54.6 Å². The van der Waals surface area contributed by atoms with Crippen LogP contribution in [0.1, 0.15) is 75.0 Å². The van der Waals surface area contributed by atoms with Crippen molar-refractivity contribution in [2.45, 2.75) is 63.8 Å². The minimum atomic E-state index is 0.257. The zero-order chi connectivity index (χ0) is 13.2. The summed E-state index contributed by atoms with van der Waals surface area (Å²) in [5, 5.41) is 0. The molecule has 1 aromatic rings. The molecule has 104 valence electrons. The summed E-state index contributed by atoms with van der Waals surface area (Å²) in [6.45, 7) is 2.37. The minimum absolute atomic E-state index is 0.257. The molecule has 0 aromatic heterocycles. The topological polar surface area (TPSA) is 26.0 Å². The summed E-state index contributed by atoms with van der Waals surface area (Å²) in [6.07, 6.45) is 9.51. The largest absolute Gasteiger partial charge is 0.324 e. The van der Waals surface area contributed by atoms with Gasteiger partial charge in [-0.15, -0.1) is 0 Å². The van der Waals surface area contributed by atoms with Gasteiger partial charge in [-0.25, -0.2) is 0 Å². The predicted molar refractivity (Wildman–Crippen MR) is 81.1 cm³/mol. The molecule has 19 heavy (non-hydrogen) atoms. The Balaban J connectivity index is 1.70. The first-order valence-corrected chi connectivity index (χ1v) is 8.09. The van der Waals surface area contributed by atoms with Crippen molar-refractivity contribution >= 4 is 0 Å². The third kappa shape index (κ3) is 2.86. The highest BCUT2D eigenvalue weighted by molar-refractivity contribution is 5.30. The quantitative estimate of drug-likeness (QED) is 0.828. The molecule has 1 aromatic carbocycles. The molecule has 1 nitrogen and oxygen atoms in total. The molecule has 0 spiro atoms. The summed E-state index contributed by atoms with van der Waals surface area (Å²) in [4.78, 5) is 0. The lowest BCUT2D eigenvalue weighted by Gasteiger charge is -2.32. The van der Waals surface area contributed by atoms with E-state index in [1.807, 2.05) is 0 Å². The summed E-state index contributed by atoms with van der Waals surface area (Å²) < 4.78 is 0. The van der Waals surface area contributed by atoms with Crippen LogP contribution in [0.2, 0.25) is 0 Å². The molecular formula is C18H27N. The van der Waals surface area contributed by atoms with Crippen LogP contribution in [0.4, 0.5) is 0 Å². The first-order chi connectivity index (χ1) is 9.24. The Kier molecular flexibility index (Phi) is 3.93. The van der Waals surface area contributed by atoms with Crippen molar-refractivity contribution in [2.75, 3.05) is 0 Å². The van der Waals surface area contributed by atoms with Gasteiger partial charge in [0.25, 0.3) is 0 Å². The van der Waals surface area contributed by atoms with Crippen molar-refractivity contribution in [3.8, 4) is 0 Å². The van der Waals surface area contributed by atoms with E-state index in [0.717, 1.165) is 11.8 Å². The monoisotopic (exact) mass is 257 g/mol.